The van der Waals surface area contributed by atoms with Gasteiger partial charge in [-0.25, -0.2) is 9.37 Å². The maximum absolute atomic E-state index is 13.7. The molecule has 0 aliphatic rings. The number of nitrogens with zero attached hydrogens (tertiary/aromatic N) is 2. The fraction of sp³-hybridized carbons (Fsp3) is 0.385. The van der Waals surface area contributed by atoms with Crippen LogP contribution < -0.4 is 5.32 Å². The highest BCUT2D eigenvalue weighted by molar-refractivity contribution is 7.15. The van der Waals surface area contributed by atoms with Crippen molar-refractivity contribution < 1.29 is 9.13 Å². The molecule has 0 radical (unpaired) electrons. The van der Waals surface area contributed by atoms with Crippen molar-refractivity contribution in [2.45, 2.75) is 20.1 Å². The Hall–Kier alpha value is -1.37. The van der Waals surface area contributed by atoms with Crippen LogP contribution in [0.5, 0.6) is 0 Å². The average molecular weight is 281 g/mol. The van der Waals surface area contributed by atoms with Gasteiger partial charge in [-0.05, 0) is 18.7 Å². The third-order valence-electron chi connectivity index (χ3n) is 2.56. The molecular formula is C13H16FN3OS. The zero-order chi connectivity index (χ0) is 13.7. The summed E-state index contributed by atoms with van der Waals surface area (Å²) in [7, 11) is 1.62. The Kier molecular flexibility index (Phi) is 4.95. The number of nitrogens with one attached hydrogen (secondary N) is 1. The molecule has 0 aliphatic carbocycles. The van der Waals surface area contributed by atoms with E-state index in [1.54, 1.807) is 19.4 Å². The lowest BCUT2D eigenvalue weighted by molar-refractivity contribution is 0.181. The maximum Gasteiger partial charge on any atom is 0.151 e. The number of ether oxygens (including phenoxy) is 1. The first kappa shape index (κ1) is 14.0. The fourth-order valence-corrected chi connectivity index (χ4v) is 2.69. The molecule has 0 bridgehead atoms. The van der Waals surface area contributed by atoms with Crippen molar-refractivity contribution in [2.75, 3.05) is 13.7 Å². The predicted molar refractivity (Wildman–Crippen MR) is 73.4 cm³/mol. The van der Waals surface area contributed by atoms with Crippen molar-refractivity contribution in [3.63, 3.8) is 0 Å². The molecule has 102 valence electrons. The lowest BCUT2D eigenvalue weighted by Crippen LogP contribution is -2.12. The van der Waals surface area contributed by atoms with Crippen LogP contribution in [0.25, 0.3) is 10.7 Å². The number of halogens is 1. The maximum atomic E-state index is 13.7. The number of hydrogen-bond donors (Lipinski definition) is 1. The second kappa shape index (κ2) is 6.70. The van der Waals surface area contributed by atoms with Gasteiger partial charge in [0.05, 0.1) is 12.3 Å². The van der Waals surface area contributed by atoms with Gasteiger partial charge in [-0.15, -0.1) is 11.3 Å². The SMILES string of the molecule is CCNCc1sc(-c2ncccc2F)nc1COC. The van der Waals surface area contributed by atoms with E-state index in [9.17, 15) is 4.39 Å². The van der Waals surface area contributed by atoms with Gasteiger partial charge in [-0.3, -0.25) is 4.98 Å². The number of rotatable bonds is 6. The third-order valence-corrected chi connectivity index (χ3v) is 3.66. The Morgan fingerprint density at radius 2 is 2.32 bits per heavy atom. The first-order chi connectivity index (χ1) is 9.26. The van der Waals surface area contributed by atoms with Crippen molar-refractivity contribution >= 4 is 11.3 Å². The Balaban J connectivity index is 2.34. The van der Waals surface area contributed by atoms with Gasteiger partial charge in [0.1, 0.15) is 10.7 Å². The first-order valence-electron chi connectivity index (χ1n) is 6.05. The van der Waals surface area contributed by atoms with Crippen LogP contribution in [0, 0.1) is 5.82 Å². The highest BCUT2D eigenvalue weighted by Gasteiger charge is 2.15. The first-order valence-corrected chi connectivity index (χ1v) is 6.87. The van der Waals surface area contributed by atoms with E-state index in [0.717, 1.165) is 17.1 Å². The van der Waals surface area contributed by atoms with Crippen molar-refractivity contribution in [3.05, 3.63) is 34.7 Å². The second-order valence-corrected chi connectivity index (χ2v) is 5.02. The van der Waals surface area contributed by atoms with Gasteiger partial charge >= 0.3 is 0 Å². The van der Waals surface area contributed by atoms with E-state index in [4.69, 9.17) is 4.74 Å². The molecule has 0 aromatic carbocycles. The van der Waals surface area contributed by atoms with Gasteiger partial charge in [-0.2, -0.15) is 0 Å². The molecule has 0 aliphatic heterocycles. The van der Waals surface area contributed by atoms with Crippen LogP contribution >= 0.6 is 11.3 Å². The van der Waals surface area contributed by atoms with Gasteiger partial charge in [0.2, 0.25) is 0 Å². The van der Waals surface area contributed by atoms with Crippen LogP contribution in [0.2, 0.25) is 0 Å². The van der Waals surface area contributed by atoms with Crippen molar-refractivity contribution in [1.29, 1.82) is 0 Å². The van der Waals surface area contributed by atoms with E-state index in [1.807, 2.05) is 6.92 Å². The largest absolute Gasteiger partial charge is 0.378 e. The van der Waals surface area contributed by atoms with E-state index < -0.39 is 0 Å². The summed E-state index contributed by atoms with van der Waals surface area (Å²) in [5.74, 6) is -0.352. The molecule has 0 atom stereocenters. The monoisotopic (exact) mass is 281 g/mol. The molecule has 4 nitrogen and oxygen atoms in total. The standard InChI is InChI=1S/C13H16FN3OS/c1-3-15-7-11-10(8-18-2)17-13(19-11)12-9(14)5-4-6-16-12/h4-6,15H,3,7-8H2,1-2H3. The molecule has 0 spiro atoms. The molecule has 2 aromatic heterocycles. The van der Waals surface area contributed by atoms with E-state index in [0.29, 0.717) is 23.9 Å². The van der Waals surface area contributed by atoms with Gasteiger partial charge in [0, 0.05) is 24.7 Å². The molecular weight excluding hydrogens is 265 g/mol. The quantitative estimate of drug-likeness (QED) is 0.884. The molecule has 19 heavy (non-hydrogen) atoms. The van der Waals surface area contributed by atoms with Gasteiger partial charge in [-0.1, -0.05) is 6.92 Å². The molecule has 0 fully saturated rings. The van der Waals surface area contributed by atoms with E-state index >= 15 is 0 Å². The number of pyridine rings is 1. The summed E-state index contributed by atoms with van der Waals surface area (Å²) in [4.78, 5) is 9.55. The lowest BCUT2D eigenvalue weighted by atomic mass is 10.3. The van der Waals surface area contributed by atoms with E-state index in [2.05, 4.69) is 15.3 Å². The Labute approximate surface area is 115 Å². The molecule has 2 rings (SSSR count). The number of methoxy groups -OCH3 is 1. The van der Waals surface area contributed by atoms with Crippen molar-refractivity contribution in [1.82, 2.24) is 15.3 Å². The van der Waals surface area contributed by atoms with Crippen LogP contribution in [0.1, 0.15) is 17.5 Å². The summed E-state index contributed by atoms with van der Waals surface area (Å²) in [5, 5.41) is 3.84. The van der Waals surface area contributed by atoms with Crippen LogP contribution in [0.3, 0.4) is 0 Å². The summed E-state index contributed by atoms with van der Waals surface area (Å²) < 4.78 is 18.8. The minimum absolute atomic E-state index is 0.299. The fourth-order valence-electron chi connectivity index (χ4n) is 1.65. The average Bonchev–Trinajstić information content (AvgIpc) is 2.80. The minimum Gasteiger partial charge on any atom is -0.378 e. The van der Waals surface area contributed by atoms with E-state index in [1.165, 1.54) is 17.4 Å². The Morgan fingerprint density at radius 1 is 1.47 bits per heavy atom. The number of hydrogen-bond acceptors (Lipinski definition) is 5. The zero-order valence-corrected chi connectivity index (χ0v) is 11.8. The summed E-state index contributed by atoms with van der Waals surface area (Å²) in [5.41, 5.74) is 1.14. The summed E-state index contributed by atoms with van der Waals surface area (Å²) in [6.07, 6.45) is 1.57. The Morgan fingerprint density at radius 3 is 3.00 bits per heavy atom. The molecule has 1 N–H and O–H groups in total. The predicted octanol–water partition coefficient (Wildman–Crippen LogP) is 2.60. The lowest BCUT2D eigenvalue weighted by Gasteiger charge is -2.00. The molecule has 6 heteroatoms. The van der Waals surface area contributed by atoms with Crippen LogP contribution in [0.15, 0.2) is 18.3 Å². The van der Waals surface area contributed by atoms with Crippen molar-refractivity contribution in [2.24, 2.45) is 0 Å². The number of thiazole rings is 1. The van der Waals surface area contributed by atoms with E-state index in [-0.39, 0.29) is 5.82 Å². The van der Waals surface area contributed by atoms with Crippen LogP contribution in [-0.2, 0) is 17.9 Å². The topological polar surface area (TPSA) is 47.0 Å². The van der Waals surface area contributed by atoms with Gasteiger partial charge in [0.25, 0.3) is 0 Å². The molecule has 2 aromatic rings. The second-order valence-electron chi connectivity index (χ2n) is 3.94. The minimum atomic E-state index is -0.352. The highest BCUT2D eigenvalue weighted by atomic mass is 32.1. The molecule has 2 heterocycles. The highest BCUT2D eigenvalue weighted by Crippen LogP contribution is 2.28. The summed E-state index contributed by atoms with van der Waals surface area (Å²) in [6.45, 7) is 4.04. The molecule has 0 saturated heterocycles. The zero-order valence-electron chi connectivity index (χ0n) is 10.9. The molecule has 0 unspecified atom stereocenters. The molecule has 0 amide bonds. The van der Waals surface area contributed by atoms with Gasteiger partial charge < -0.3 is 10.1 Å². The smallest absolute Gasteiger partial charge is 0.151 e. The summed E-state index contributed by atoms with van der Waals surface area (Å²) in [6, 6.07) is 2.96. The van der Waals surface area contributed by atoms with Gasteiger partial charge in [0.15, 0.2) is 5.82 Å². The van der Waals surface area contributed by atoms with Crippen LogP contribution in [0.4, 0.5) is 4.39 Å². The Bertz CT molecular complexity index is 544. The molecule has 0 saturated carbocycles. The van der Waals surface area contributed by atoms with Crippen LogP contribution in [-0.4, -0.2) is 23.6 Å². The normalized spacial score (nSPS) is 10.9. The third kappa shape index (κ3) is 3.34. The number of aromatic nitrogens is 2. The van der Waals surface area contributed by atoms with Crippen molar-refractivity contribution in [3.8, 4) is 10.7 Å². The summed E-state index contributed by atoms with van der Waals surface area (Å²) >= 11 is 1.45.